The number of rotatable bonds is 6. The van der Waals surface area contributed by atoms with Crippen LogP contribution in [0, 0.1) is 0 Å². The zero-order chi connectivity index (χ0) is 16.7. The van der Waals surface area contributed by atoms with Crippen molar-refractivity contribution in [2.75, 3.05) is 6.54 Å². The quantitative estimate of drug-likeness (QED) is 0.580. The van der Waals surface area contributed by atoms with E-state index in [4.69, 9.17) is 15.2 Å². The number of hydrogen-bond donors (Lipinski definition) is 2. The van der Waals surface area contributed by atoms with Gasteiger partial charge in [-0.3, -0.25) is 0 Å². The molecule has 0 aromatic heterocycles. The summed E-state index contributed by atoms with van der Waals surface area (Å²) in [5.41, 5.74) is 4.24. The van der Waals surface area contributed by atoms with Crippen molar-refractivity contribution < 1.29 is 19.1 Å². The first-order valence-corrected chi connectivity index (χ1v) is 7.37. The number of carbonyl (C=O) groups excluding carboxylic acids is 2. The molecule has 0 aliphatic rings. The van der Waals surface area contributed by atoms with Crippen molar-refractivity contribution in [3.05, 3.63) is 0 Å². The highest BCUT2D eigenvalue weighted by atomic mass is 16.6. The smallest absolute Gasteiger partial charge is 0.408 e. The molecule has 0 aromatic carbocycles. The van der Waals surface area contributed by atoms with E-state index in [9.17, 15) is 9.59 Å². The lowest BCUT2D eigenvalue weighted by Gasteiger charge is -2.26. The second-order valence-corrected chi connectivity index (χ2v) is 7.02. The predicted molar refractivity (Wildman–Crippen MR) is 81.9 cm³/mol. The molecular formula is C15H30N2O4. The highest BCUT2D eigenvalue weighted by Gasteiger charge is 2.28. The number of esters is 1. The molecule has 1 amide bonds. The zero-order valence-corrected chi connectivity index (χ0v) is 14.1. The SMILES string of the molecule is CC(C)(C)OC(=O)NC(CCCCN)C(=O)OC(C)(C)C. The number of alkyl carbamates (subject to hydrolysis) is 1. The molecule has 0 bridgehead atoms. The predicted octanol–water partition coefficient (Wildman–Crippen LogP) is 2.35. The van der Waals surface area contributed by atoms with E-state index >= 15 is 0 Å². The van der Waals surface area contributed by atoms with Crippen LogP contribution in [0.4, 0.5) is 4.79 Å². The van der Waals surface area contributed by atoms with Crippen LogP contribution in [0.1, 0.15) is 60.8 Å². The maximum absolute atomic E-state index is 12.1. The molecule has 0 saturated heterocycles. The summed E-state index contributed by atoms with van der Waals surface area (Å²) in [7, 11) is 0. The molecule has 0 aliphatic carbocycles. The Kier molecular flexibility index (Phi) is 7.71. The van der Waals surface area contributed by atoms with Gasteiger partial charge in [0.15, 0.2) is 0 Å². The molecule has 1 atom stereocenters. The van der Waals surface area contributed by atoms with E-state index in [1.165, 1.54) is 0 Å². The van der Waals surface area contributed by atoms with Crippen molar-refractivity contribution in [2.24, 2.45) is 5.73 Å². The fourth-order valence-electron chi connectivity index (χ4n) is 1.56. The maximum atomic E-state index is 12.1. The number of hydrogen-bond acceptors (Lipinski definition) is 5. The van der Waals surface area contributed by atoms with Crippen molar-refractivity contribution in [3.8, 4) is 0 Å². The van der Waals surface area contributed by atoms with Crippen LogP contribution in [0.2, 0.25) is 0 Å². The minimum absolute atomic E-state index is 0.453. The van der Waals surface area contributed by atoms with E-state index in [-0.39, 0.29) is 0 Å². The average Bonchev–Trinajstić information content (AvgIpc) is 2.22. The van der Waals surface area contributed by atoms with Crippen molar-refractivity contribution in [1.29, 1.82) is 0 Å². The Bertz CT molecular complexity index is 343. The van der Waals surface area contributed by atoms with Gasteiger partial charge in [0.1, 0.15) is 17.2 Å². The molecule has 124 valence electrons. The molecule has 0 spiro atoms. The van der Waals surface area contributed by atoms with E-state index in [2.05, 4.69) is 5.32 Å². The first-order chi connectivity index (χ1) is 9.44. The normalized spacial score (nSPS) is 13.5. The molecule has 0 aromatic rings. The van der Waals surface area contributed by atoms with Gasteiger partial charge in [0, 0.05) is 0 Å². The summed E-state index contributed by atoms with van der Waals surface area (Å²) in [6.07, 6.45) is 1.38. The number of nitrogens with one attached hydrogen (secondary N) is 1. The van der Waals surface area contributed by atoms with Gasteiger partial charge in [-0.05, 0) is 67.3 Å². The van der Waals surface area contributed by atoms with E-state index < -0.39 is 29.3 Å². The Morgan fingerprint density at radius 2 is 1.52 bits per heavy atom. The van der Waals surface area contributed by atoms with Crippen LogP contribution in [0.3, 0.4) is 0 Å². The first kappa shape index (κ1) is 19.7. The maximum Gasteiger partial charge on any atom is 0.408 e. The highest BCUT2D eigenvalue weighted by Crippen LogP contribution is 2.13. The number of nitrogens with two attached hydrogens (primary N) is 1. The Balaban J connectivity index is 4.65. The molecule has 0 radical (unpaired) electrons. The number of unbranched alkanes of at least 4 members (excludes halogenated alkanes) is 1. The summed E-state index contributed by atoms with van der Waals surface area (Å²) in [4.78, 5) is 23.9. The lowest BCUT2D eigenvalue weighted by atomic mass is 10.1. The second-order valence-electron chi connectivity index (χ2n) is 7.02. The second kappa shape index (κ2) is 8.22. The van der Waals surface area contributed by atoms with E-state index in [1.807, 2.05) is 0 Å². The van der Waals surface area contributed by atoms with Gasteiger partial charge >= 0.3 is 12.1 Å². The molecule has 3 N–H and O–H groups in total. The largest absolute Gasteiger partial charge is 0.458 e. The topological polar surface area (TPSA) is 90.6 Å². The van der Waals surface area contributed by atoms with Gasteiger partial charge in [0.25, 0.3) is 0 Å². The molecular weight excluding hydrogens is 272 g/mol. The van der Waals surface area contributed by atoms with Gasteiger partial charge in [-0.1, -0.05) is 0 Å². The van der Waals surface area contributed by atoms with Gasteiger partial charge < -0.3 is 20.5 Å². The number of carbonyl (C=O) groups is 2. The van der Waals surface area contributed by atoms with Crippen LogP contribution < -0.4 is 11.1 Å². The summed E-state index contributed by atoms with van der Waals surface area (Å²) in [6, 6.07) is -0.717. The lowest BCUT2D eigenvalue weighted by molar-refractivity contribution is -0.157. The van der Waals surface area contributed by atoms with Crippen LogP contribution in [-0.4, -0.2) is 35.9 Å². The third-order valence-corrected chi connectivity index (χ3v) is 2.33. The van der Waals surface area contributed by atoms with Gasteiger partial charge in [-0.15, -0.1) is 0 Å². The van der Waals surface area contributed by atoms with E-state index in [0.717, 1.165) is 12.8 Å². The molecule has 1 unspecified atom stereocenters. The number of ether oxygens (including phenoxy) is 2. The molecule has 6 nitrogen and oxygen atoms in total. The van der Waals surface area contributed by atoms with E-state index in [1.54, 1.807) is 41.5 Å². The number of amides is 1. The molecule has 0 fully saturated rings. The zero-order valence-electron chi connectivity index (χ0n) is 14.1. The van der Waals surface area contributed by atoms with Gasteiger partial charge in [0.05, 0.1) is 0 Å². The monoisotopic (exact) mass is 302 g/mol. The minimum Gasteiger partial charge on any atom is -0.458 e. The van der Waals surface area contributed by atoms with Crippen molar-refractivity contribution >= 4 is 12.1 Å². The summed E-state index contributed by atoms with van der Waals surface area (Å²) >= 11 is 0. The van der Waals surface area contributed by atoms with Crippen molar-refractivity contribution in [1.82, 2.24) is 5.32 Å². The molecule has 0 aliphatic heterocycles. The van der Waals surface area contributed by atoms with Gasteiger partial charge in [-0.2, -0.15) is 0 Å². The standard InChI is InChI=1S/C15H30N2O4/c1-14(2,3)20-12(18)11(9-7-8-10-16)17-13(19)21-15(4,5)6/h11H,7-10,16H2,1-6H3,(H,17,19). The summed E-state index contributed by atoms with van der Waals surface area (Å²) in [5.74, 6) is -0.453. The lowest BCUT2D eigenvalue weighted by Crippen LogP contribution is -2.46. The fourth-order valence-corrected chi connectivity index (χ4v) is 1.56. The fraction of sp³-hybridized carbons (Fsp3) is 0.867. The first-order valence-electron chi connectivity index (χ1n) is 7.37. The van der Waals surface area contributed by atoms with Gasteiger partial charge in [0.2, 0.25) is 0 Å². The Hall–Kier alpha value is -1.30. The summed E-state index contributed by atoms with van der Waals surface area (Å²) in [5, 5.41) is 2.58. The van der Waals surface area contributed by atoms with Crippen molar-refractivity contribution in [2.45, 2.75) is 78.0 Å². The van der Waals surface area contributed by atoms with Crippen LogP contribution in [0.15, 0.2) is 0 Å². The average molecular weight is 302 g/mol. The Labute approximate surface area is 127 Å². The molecule has 0 heterocycles. The van der Waals surface area contributed by atoms with Crippen molar-refractivity contribution in [3.63, 3.8) is 0 Å². The van der Waals surface area contributed by atoms with Crippen LogP contribution in [0.25, 0.3) is 0 Å². The Morgan fingerprint density at radius 3 is 1.95 bits per heavy atom. The molecule has 21 heavy (non-hydrogen) atoms. The van der Waals surface area contributed by atoms with E-state index in [0.29, 0.717) is 13.0 Å². The minimum atomic E-state index is -0.717. The van der Waals surface area contributed by atoms with Crippen LogP contribution in [-0.2, 0) is 14.3 Å². The third-order valence-electron chi connectivity index (χ3n) is 2.33. The highest BCUT2D eigenvalue weighted by molar-refractivity contribution is 5.81. The molecule has 0 rings (SSSR count). The van der Waals surface area contributed by atoms with Gasteiger partial charge in [-0.25, -0.2) is 9.59 Å². The molecule has 6 heteroatoms. The third kappa shape index (κ3) is 11.1. The Morgan fingerprint density at radius 1 is 1.00 bits per heavy atom. The summed E-state index contributed by atoms with van der Waals surface area (Å²) < 4.78 is 10.5. The molecule has 0 saturated carbocycles. The van der Waals surface area contributed by atoms with Crippen LogP contribution >= 0.6 is 0 Å². The van der Waals surface area contributed by atoms with Crippen LogP contribution in [0.5, 0.6) is 0 Å². The summed E-state index contributed by atoms with van der Waals surface area (Å²) in [6.45, 7) is 11.2.